The molecule has 2 heterocycles. The van der Waals surface area contributed by atoms with E-state index in [1.165, 1.54) is 0 Å². The Balaban J connectivity index is 1.49. The van der Waals surface area contributed by atoms with E-state index in [1.807, 2.05) is 12.3 Å². The smallest absolute Gasteiger partial charge is 0.213 e. The van der Waals surface area contributed by atoms with E-state index < -0.39 is 10.0 Å². The van der Waals surface area contributed by atoms with Crippen LogP contribution in [0.5, 0.6) is 0 Å². The molecule has 7 nitrogen and oxygen atoms in total. The Bertz CT molecular complexity index is 858. The monoisotopic (exact) mass is 409 g/mol. The minimum absolute atomic E-state index is 0.380. The molecule has 0 unspecified atom stereocenters. The predicted octanol–water partition coefficient (Wildman–Crippen LogP) is 3.21. The van der Waals surface area contributed by atoms with Gasteiger partial charge in [0.25, 0.3) is 0 Å². The summed E-state index contributed by atoms with van der Waals surface area (Å²) in [5.74, 6) is 0.408. The molecule has 1 saturated carbocycles. The third-order valence-corrected chi connectivity index (χ3v) is 7.58. The minimum Gasteiger partial charge on any atom is -0.359 e. The Hall–Kier alpha value is -1.58. The van der Waals surface area contributed by atoms with E-state index >= 15 is 0 Å². The van der Waals surface area contributed by atoms with Gasteiger partial charge in [0.2, 0.25) is 10.0 Å². The normalized spacial score (nSPS) is 20.7. The van der Waals surface area contributed by atoms with Gasteiger partial charge in [0.1, 0.15) is 11.4 Å². The molecule has 0 saturated heterocycles. The molecule has 0 atom stereocenters. The van der Waals surface area contributed by atoms with Gasteiger partial charge in [-0.15, -0.1) is 11.3 Å². The maximum absolute atomic E-state index is 11.9. The Morgan fingerprint density at radius 1 is 1.19 bits per heavy atom. The van der Waals surface area contributed by atoms with Crippen LogP contribution in [0.1, 0.15) is 45.2 Å². The van der Waals surface area contributed by atoms with Crippen LogP contribution in [0.25, 0.3) is 11.4 Å². The molecule has 1 aliphatic carbocycles. The number of hydrogen-bond acceptors (Lipinski definition) is 7. The lowest BCUT2D eigenvalue weighted by Gasteiger charge is -2.29. The number of nitrogens with one attached hydrogen (secondary N) is 2. The number of thiazole rings is 1. The lowest BCUT2D eigenvalue weighted by atomic mass is 9.86. The van der Waals surface area contributed by atoms with Gasteiger partial charge in [-0.2, -0.15) is 0 Å². The zero-order valence-corrected chi connectivity index (χ0v) is 17.6. The van der Waals surface area contributed by atoms with Gasteiger partial charge in [-0.25, -0.2) is 18.1 Å². The summed E-state index contributed by atoms with van der Waals surface area (Å²) in [6.45, 7) is 5.88. The van der Waals surface area contributed by atoms with Crippen molar-refractivity contribution in [2.45, 2.75) is 57.7 Å². The summed E-state index contributed by atoms with van der Waals surface area (Å²) in [5, 5.41) is 6.05. The average Bonchev–Trinajstić information content (AvgIpc) is 3.09. The van der Waals surface area contributed by atoms with E-state index in [1.54, 1.807) is 37.6 Å². The number of sulfonamides is 1. The standard InChI is InChI=1S/C18H27N5O2S2/c1-12(2)27(24,25)21-10-14-4-6-15(7-5-14)22-18-23-16(11-26-18)17-13(3)19-8-9-20-17/h8-9,11-12,14-15,21H,4-7,10H2,1-3H3,(H,22,23)/t14-,15-. The molecule has 2 N–H and O–H groups in total. The van der Waals surface area contributed by atoms with Crippen LogP contribution in [0.2, 0.25) is 0 Å². The van der Waals surface area contributed by atoms with E-state index in [2.05, 4.69) is 25.0 Å². The van der Waals surface area contributed by atoms with Crippen molar-refractivity contribution in [2.75, 3.05) is 11.9 Å². The third-order valence-electron chi connectivity index (χ3n) is 5.00. The topological polar surface area (TPSA) is 96.9 Å². The minimum atomic E-state index is -3.17. The van der Waals surface area contributed by atoms with Crippen molar-refractivity contribution in [2.24, 2.45) is 5.92 Å². The van der Waals surface area contributed by atoms with Crippen molar-refractivity contribution in [3.8, 4) is 11.4 Å². The maximum Gasteiger partial charge on any atom is 0.213 e. The fraction of sp³-hybridized carbons (Fsp3) is 0.611. The highest BCUT2D eigenvalue weighted by Crippen LogP contribution is 2.29. The lowest BCUT2D eigenvalue weighted by molar-refractivity contribution is 0.337. The molecule has 0 spiro atoms. The van der Waals surface area contributed by atoms with Crippen molar-refractivity contribution in [3.05, 3.63) is 23.5 Å². The van der Waals surface area contributed by atoms with Crippen LogP contribution < -0.4 is 10.0 Å². The molecule has 1 fully saturated rings. The highest BCUT2D eigenvalue weighted by molar-refractivity contribution is 7.90. The second-order valence-electron chi connectivity index (χ2n) is 7.33. The first-order valence-electron chi connectivity index (χ1n) is 9.33. The summed E-state index contributed by atoms with van der Waals surface area (Å²) in [6, 6.07) is 0.380. The molecular weight excluding hydrogens is 382 g/mol. The molecule has 148 valence electrons. The van der Waals surface area contributed by atoms with E-state index in [0.717, 1.165) is 47.9 Å². The first-order valence-corrected chi connectivity index (χ1v) is 11.8. The Labute approximate surface area is 165 Å². The van der Waals surface area contributed by atoms with Crippen molar-refractivity contribution in [3.63, 3.8) is 0 Å². The van der Waals surface area contributed by atoms with Gasteiger partial charge in [-0.1, -0.05) is 0 Å². The van der Waals surface area contributed by atoms with Gasteiger partial charge in [-0.3, -0.25) is 9.97 Å². The van der Waals surface area contributed by atoms with Crippen LogP contribution in [0.15, 0.2) is 17.8 Å². The molecule has 2 aromatic heterocycles. The van der Waals surface area contributed by atoms with E-state index in [9.17, 15) is 8.42 Å². The molecule has 3 rings (SSSR count). The molecule has 0 bridgehead atoms. The van der Waals surface area contributed by atoms with Crippen molar-refractivity contribution < 1.29 is 8.42 Å². The first kappa shape index (κ1) is 20.2. The molecule has 0 amide bonds. The zero-order valence-electron chi connectivity index (χ0n) is 16.0. The van der Waals surface area contributed by atoms with E-state index in [0.29, 0.717) is 18.5 Å². The van der Waals surface area contributed by atoms with Crippen molar-refractivity contribution >= 4 is 26.5 Å². The number of anilines is 1. The summed E-state index contributed by atoms with van der Waals surface area (Å²) in [4.78, 5) is 13.3. The first-order chi connectivity index (χ1) is 12.8. The van der Waals surface area contributed by atoms with Gasteiger partial charge >= 0.3 is 0 Å². The number of nitrogens with zero attached hydrogens (tertiary/aromatic N) is 3. The zero-order chi connectivity index (χ0) is 19.4. The molecule has 0 aliphatic heterocycles. The fourth-order valence-corrected chi connectivity index (χ4v) is 4.77. The number of aromatic nitrogens is 3. The second-order valence-corrected chi connectivity index (χ2v) is 10.5. The van der Waals surface area contributed by atoms with Gasteiger partial charge in [-0.05, 0) is 52.4 Å². The van der Waals surface area contributed by atoms with Gasteiger partial charge in [0.05, 0.1) is 10.9 Å². The SMILES string of the molecule is Cc1nccnc1-c1csc(N[C@H]2CC[C@H](CNS(=O)(=O)C(C)C)CC2)n1. The van der Waals surface area contributed by atoms with Gasteiger partial charge in [0.15, 0.2) is 5.13 Å². The summed E-state index contributed by atoms with van der Waals surface area (Å²) < 4.78 is 26.5. The summed E-state index contributed by atoms with van der Waals surface area (Å²) in [7, 11) is -3.17. The van der Waals surface area contributed by atoms with Crippen LogP contribution >= 0.6 is 11.3 Å². The molecule has 9 heteroatoms. The molecular formula is C18H27N5O2S2. The third kappa shape index (κ3) is 5.24. The lowest BCUT2D eigenvalue weighted by Crippen LogP contribution is -2.37. The van der Waals surface area contributed by atoms with Crippen molar-refractivity contribution in [1.29, 1.82) is 0 Å². The molecule has 1 aliphatic rings. The Kier molecular flexibility index (Phi) is 6.44. The number of aryl methyl sites for hydroxylation is 1. The maximum atomic E-state index is 11.9. The summed E-state index contributed by atoms with van der Waals surface area (Å²) >= 11 is 1.58. The largest absolute Gasteiger partial charge is 0.359 e. The highest BCUT2D eigenvalue weighted by atomic mass is 32.2. The van der Waals surface area contributed by atoms with Crippen LogP contribution in [0.3, 0.4) is 0 Å². The molecule has 0 radical (unpaired) electrons. The van der Waals surface area contributed by atoms with E-state index in [4.69, 9.17) is 0 Å². The Morgan fingerprint density at radius 2 is 1.89 bits per heavy atom. The van der Waals surface area contributed by atoms with Crippen LogP contribution in [-0.4, -0.2) is 41.2 Å². The molecule has 27 heavy (non-hydrogen) atoms. The highest BCUT2D eigenvalue weighted by Gasteiger charge is 2.24. The quantitative estimate of drug-likeness (QED) is 0.729. The summed E-state index contributed by atoms with van der Waals surface area (Å²) in [6.07, 6.45) is 7.44. The van der Waals surface area contributed by atoms with Gasteiger partial charge < -0.3 is 5.32 Å². The van der Waals surface area contributed by atoms with Crippen LogP contribution in [0.4, 0.5) is 5.13 Å². The Morgan fingerprint density at radius 3 is 2.56 bits per heavy atom. The molecule has 2 aromatic rings. The van der Waals surface area contributed by atoms with E-state index in [-0.39, 0.29) is 5.25 Å². The van der Waals surface area contributed by atoms with Crippen LogP contribution in [-0.2, 0) is 10.0 Å². The molecule has 0 aromatic carbocycles. The number of hydrogen-bond donors (Lipinski definition) is 2. The predicted molar refractivity (Wildman–Crippen MR) is 109 cm³/mol. The average molecular weight is 410 g/mol. The van der Waals surface area contributed by atoms with Crippen LogP contribution in [0, 0.1) is 12.8 Å². The number of rotatable bonds is 7. The van der Waals surface area contributed by atoms with Crippen molar-refractivity contribution in [1.82, 2.24) is 19.7 Å². The van der Waals surface area contributed by atoms with Gasteiger partial charge in [0, 0.05) is 30.4 Å². The summed E-state index contributed by atoms with van der Waals surface area (Å²) in [5.41, 5.74) is 2.55. The fourth-order valence-electron chi connectivity index (χ4n) is 3.19. The second kappa shape index (κ2) is 8.62.